The number of aryl methyl sites for hydroxylation is 2. The third kappa shape index (κ3) is 4.98. The number of carbonyl (C=O) groups excluding carboxylic acids is 2. The predicted octanol–water partition coefficient (Wildman–Crippen LogP) is 4.61. The fraction of sp³-hybridized carbons (Fsp3) is 0.130. The Bertz CT molecular complexity index is 984. The van der Waals surface area contributed by atoms with E-state index in [0.717, 1.165) is 11.3 Å². The van der Waals surface area contributed by atoms with E-state index >= 15 is 0 Å². The summed E-state index contributed by atoms with van der Waals surface area (Å²) in [6, 6.07) is 22.2. The molecule has 0 atom stereocenters. The minimum Gasteiger partial charge on any atom is -0.376 e. The SMILES string of the molecule is Cc1ccc(NCC(=O)Nc2ccccc2C(=O)Nc2ccccc2)c(C)c1. The van der Waals surface area contributed by atoms with E-state index in [1.54, 1.807) is 24.3 Å². The summed E-state index contributed by atoms with van der Waals surface area (Å²) in [5.41, 5.74) is 4.75. The highest BCUT2D eigenvalue weighted by Crippen LogP contribution is 2.18. The molecule has 0 aliphatic carbocycles. The second-order valence-electron chi connectivity index (χ2n) is 6.59. The van der Waals surface area contributed by atoms with Gasteiger partial charge in [-0.2, -0.15) is 0 Å². The molecule has 0 unspecified atom stereocenters. The van der Waals surface area contributed by atoms with E-state index < -0.39 is 0 Å². The van der Waals surface area contributed by atoms with Gasteiger partial charge in [0.25, 0.3) is 5.91 Å². The lowest BCUT2D eigenvalue weighted by atomic mass is 10.1. The van der Waals surface area contributed by atoms with Gasteiger partial charge in [-0.05, 0) is 49.7 Å². The average Bonchev–Trinajstić information content (AvgIpc) is 2.68. The molecule has 28 heavy (non-hydrogen) atoms. The Morgan fingerprint density at radius 1 is 0.786 bits per heavy atom. The van der Waals surface area contributed by atoms with Gasteiger partial charge in [0.15, 0.2) is 0 Å². The van der Waals surface area contributed by atoms with Crippen LogP contribution in [0.15, 0.2) is 72.8 Å². The lowest BCUT2D eigenvalue weighted by Crippen LogP contribution is -2.24. The van der Waals surface area contributed by atoms with Gasteiger partial charge in [0, 0.05) is 11.4 Å². The van der Waals surface area contributed by atoms with Crippen LogP contribution in [-0.2, 0) is 4.79 Å². The molecule has 3 rings (SSSR count). The number of nitrogens with one attached hydrogen (secondary N) is 3. The summed E-state index contributed by atoms with van der Waals surface area (Å²) in [4.78, 5) is 25.0. The van der Waals surface area contributed by atoms with Gasteiger partial charge in [-0.15, -0.1) is 0 Å². The van der Waals surface area contributed by atoms with E-state index in [0.29, 0.717) is 16.9 Å². The van der Waals surface area contributed by atoms with Crippen LogP contribution in [0.5, 0.6) is 0 Å². The normalized spacial score (nSPS) is 10.2. The number of hydrogen-bond donors (Lipinski definition) is 3. The van der Waals surface area contributed by atoms with Crippen LogP contribution < -0.4 is 16.0 Å². The third-order valence-corrected chi connectivity index (χ3v) is 4.30. The predicted molar refractivity (Wildman–Crippen MR) is 114 cm³/mol. The van der Waals surface area contributed by atoms with Crippen LogP contribution in [0.25, 0.3) is 0 Å². The zero-order valence-electron chi connectivity index (χ0n) is 16.0. The minimum absolute atomic E-state index is 0.110. The Morgan fingerprint density at radius 2 is 1.50 bits per heavy atom. The van der Waals surface area contributed by atoms with Gasteiger partial charge < -0.3 is 16.0 Å². The van der Waals surface area contributed by atoms with Gasteiger partial charge in [0.05, 0.1) is 17.8 Å². The summed E-state index contributed by atoms with van der Waals surface area (Å²) in [6.07, 6.45) is 0. The number of benzene rings is 3. The summed E-state index contributed by atoms with van der Waals surface area (Å²) < 4.78 is 0. The van der Waals surface area contributed by atoms with Gasteiger partial charge in [-0.25, -0.2) is 0 Å². The molecule has 0 aliphatic heterocycles. The van der Waals surface area contributed by atoms with Crippen molar-refractivity contribution in [3.05, 3.63) is 89.5 Å². The summed E-state index contributed by atoms with van der Waals surface area (Å²) in [5, 5.41) is 8.79. The molecule has 5 nitrogen and oxygen atoms in total. The van der Waals surface area contributed by atoms with Crippen LogP contribution in [0.2, 0.25) is 0 Å². The second-order valence-corrected chi connectivity index (χ2v) is 6.59. The number of hydrogen-bond acceptors (Lipinski definition) is 3. The maximum atomic E-state index is 12.6. The summed E-state index contributed by atoms with van der Waals surface area (Å²) in [6.45, 7) is 4.13. The van der Waals surface area contributed by atoms with Gasteiger partial charge >= 0.3 is 0 Å². The maximum Gasteiger partial charge on any atom is 0.257 e. The molecule has 0 saturated carbocycles. The molecular weight excluding hydrogens is 350 g/mol. The second kappa shape index (κ2) is 8.86. The topological polar surface area (TPSA) is 70.2 Å². The van der Waals surface area contributed by atoms with E-state index in [-0.39, 0.29) is 18.4 Å². The van der Waals surface area contributed by atoms with E-state index in [4.69, 9.17) is 0 Å². The largest absolute Gasteiger partial charge is 0.376 e. The maximum absolute atomic E-state index is 12.6. The highest BCUT2D eigenvalue weighted by Gasteiger charge is 2.13. The van der Waals surface area contributed by atoms with Gasteiger partial charge in [-0.3, -0.25) is 9.59 Å². The Labute approximate surface area is 164 Å². The summed E-state index contributed by atoms with van der Waals surface area (Å²) in [7, 11) is 0. The fourth-order valence-electron chi connectivity index (χ4n) is 2.89. The average molecular weight is 373 g/mol. The van der Waals surface area contributed by atoms with E-state index in [1.165, 1.54) is 5.56 Å². The monoisotopic (exact) mass is 373 g/mol. The van der Waals surface area contributed by atoms with Crippen molar-refractivity contribution in [3.8, 4) is 0 Å². The Kier molecular flexibility index (Phi) is 6.07. The molecule has 3 aromatic carbocycles. The summed E-state index contributed by atoms with van der Waals surface area (Å²) in [5.74, 6) is -0.496. The smallest absolute Gasteiger partial charge is 0.257 e. The van der Waals surface area contributed by atoms with Crippen LogP contribution >= 0.6 is 0 Å². The van der Waals surface area contributed by atoms with Crippen molar-refractivity contribution in [2.24, 2.45) is 0 Å². The van der Waals surface area contributed by atoms with Crippen molar-refractivity contribution in [3.63, 3.8) is 0 Å². The van der Waals surface area contributed by atoms with Crippen LogP contribution in [0.4, 0.5) is 17.1 Å². The highest BCUT2D eigenvalue weighted by atomic mass is 16.2. The molecule has 0 spiro atoms. The molecular formula is C23H23N3O2. The molecule has 3 N–H and O–H groups in total. The third-order valence-electron chi connectivity index (χ3n) is 4.30. The molecule has 0 heterocycles. The first-order valence-electron chi connectivity index (χ1n) is 9.09. The van der Waals surface area contributed by atoms with E-state index in [1.807, 2.05) is 56.3 Å². The molecule has 3 aromatic rings. The quantitative estimate of drug-likeness (QED) is 0.591. The van der Waals surface area contributed by atoms with Crippen LogP contribution in [-0.4, -0.2) is 18.4 Å². The Balaban J connectivity index is 1.65. The van der Waals surface area contributed by atoms with Crippen LogP contribution in [0, 0.1) is 13.8 Å². The van der Waals surface area contributed by atoms with Gasteiger partial charge in [-0.1, -0.05) is 48.0 Å². The van der Waals surface area contributed by atoms with Crippen molar-refractivity contribution in [2.75, 3.05) is 22.5 Å². The standard InChI is InChI=1S/C23H23N3O2/c1-16-12-13-20(17(2)14-16)24-15-22(27)26-21-11-7-6-10-19(21)23(28)25-18-8-4-3-5-9-18/h3-14,24H,15H2,1-2H3,(H,25,28)(H,26,27). The van der Waals surface area contributed by atoms with Crippen molar-refractivity contribution in [1.82, 2.24) is 0 Å². The lowest BCUT2D eigenvalue weighted by molar-refractivity contribution is -0.114. The Hall–Kier alpha value is -3.60. The van der Waals surface area contributed by atoms with Crippen molar-refractivity contribution in [2.45, 2.75) is 13.8 Å². The first-order chi connectivity index (χ1) is 13.5. The van der Waals surface area contributed by atoms with Crippen LogP contribution in [0.1, 0.15) is 21.5 Å². The lowest BCUT2D eigenvalue weighted by Gasteiger charge is -2.13. The molecule has 0 radical (unpaired) electrons. The zero-order chi connectivity index (χ0) is 19.9. The minimum atomic E-state index is -0.274. The molecule has 0 fully saturated rings. The van der Waals surface area contributed by atoms with Crippen LogP contribution in [0.3, 0.4) is 0 Å². The zero-order valence-corrected chi connectivity index (χ0v) is 16.0. The molecule has 5 heteroatoms. The van der Waals surface area contributed by atoms with Crippen molar-refractivity contribution in [1.29, 1.82) is 0 Å². The van der Waals surface area contributed by atoms with Gasteiger partial charge in [0.1, 0.15) is 0 Å². The molecule has 2 amide bonds. The molecule has 0 saturated heterocycles. The molecule has 0 aliphatic rings. The number of para-hydroxylation sites is 2. The highest BCUT2D eigenvalue weighted by molar-refractivity contribution is 6.10. The van der Waals surface area contributed by atoms with Crippen molar-refractivity contribution >= 4 is 28.9 Å². The molecule has 0 aromatic heterocycles. The van der Waals surface area contributed by atoms with Gasteiger partial charge in [0.2, 0.25) is 5.91 Å². The van der Waals surface area contributed by atoms with E-state index in [9.17, 15) is 9.59 Å². The number of anilines is 3. The molecule has 142 valence electrons. The number of carbonyl (C=O) groups is 2. The first kappa shape index (κ1) is 19.2. The van der Waals surface area contributed by atoms with E-state index in [2.05, 4.69) is 22.0 Å². The number of rotatable bonds is 6. The number of amides is 2. The molecule has 0 bridgehead atoms. The summed E-state index contributed by atoms with van der Waals surface area (Å²) >= 11 is 0. The van der Waals surface area contributed by atoms with Crippen molar-refractivity contribution < 1.29 is 9.59 Å². The fourth-order valence-corrected chi connectivity index (χ4v) is 2.89. The first-order valence-corrected chi connectivity index (χ1v) is 9.09. The Morgan fingerprint density at radius 3 is 2.25 bits per heavy atom.